The maximum absolute atomic E-state index is 13.0. The van der Waals surface area contributed by atoms with Crippen LogP contribution in [-0.2, 0) is 22.7 Å². The molecule has 1 N–H and O–H groups in total. The topological polar surface area (TPSA) is 106 Å². The number of imide groups is 1. The van der Waals surface area contributed by atoms with E-state index in [1.54, 1.807) is 23.0 Å². The summed E-state index contributed by atoms with van der Waals surface area (Å²) in [5.74, 6) is -0.204. The van der Waals surface area contributed by atoms with Gasteiger partial charge in [-0.15, -0.1) is 5.10 Å². The molecule has 9 heteroatoms. The molecule has 1 fully saturated rings. The predicted octanol–water partition coefficient (Wildman–Crippen LogP) is 1.92. The average molecular weight is 431 g/mol. The molecule has 5 rings (SSSR count). The van der Waals surface area contributed by atoms with Crippen LogP contribution in [0.5, 0.6) is 5.75 Å². The zero-order chi connectivity index (χ0) is 22.2. The molecule has 3 aromatic rings. The van der Waals surface area contributed by atoms with Crippen molar-refractivity contribution in [2.45, 2.75) is 39.0 Å². The number of nitrogens with zero attached hydrogens (tertiary/aromatic N) is 4. The fraction of sp³-hybridized carbons (Fsp3) is 0.261. The number of rotatable bonds is 5. The van der Waals surface area contributed by atoms with Gasteiger partial charge in [0.2, 0.25) is 11.8 Å². The van der Waals surface area contributed by atoms with Gasteiger partial charge in [-0.1, -0.05) is 23.4 Å². The van der Waals surface area contributed by atoms with Gasteiger partial charge in [-0.25, -0.2) is 4.68 Å². The third kappa shape index (κ3) is 3.62. The van der Waals surface area contributed by atoms with Gasteiger partial charge in [-0.05, 0) is 43.2 Å². The van der Waals surface area contributed by atoms with Gasteiger partial charge < -0.3 is 9.64 Å². The number of aryl methyl sites for hydroxylation is 1. The normalized spacial score (nSPS) is 18.0. The van der Waals surface area contributed by atoms with Crippen molar-refractivity contribution < 1.29 is 19.1 Å². The highest BCUT2D eigenvalue weighted by molar-refractivity contribution is 6.05. The summed E-state index contributed by atoms with van der Waals surface area (Å²) in [6.07, 6.45) is 2.31. The highest BCUT2D eigenvalue weighted by Gasteiger charge is 2.40. The average Bonchev–Trinajstić information content (AvgIpc) is 3.37. The third-order valence-electron chi connectivity index (χ3n) is 5.72. The lowest BCUT2D eigenvalue weighted by Crippen LogP contribution is -2.52. The lowest BCUT2D eigenvalue weighted by Gasteiger charge is -2.29. The maximum Gasteiger partial charge on any atom is 0.255 e. The van der Waals surface area contributed by atoms with E-state index in [1.807, 2.05) is 37.3 Å². The van der Waals surface area contributed by atoms with E-state index < -0.39 is 11.9 Å². The summed E-state index contributed by atoms with van der Waals surface area (Å²) in [4.78, 5) is 38.3. The second-order valence-electron chi connectivity index (χ2n) is 7.96. The van der Waals surface area contributed by atoms with Crippen molar-refractivity contribution in [1.82, 2.24) is 25.2 Å². The van der Waals surface area contributed by atoms with Gasteiger partial charge in [-0.3, -0.25) is 19.7 Å². The number of hydrogen-bond acceptors (Lipinski definition) is 6. The summed E-state index contributed by atoms with van der Waals surface area (Å²) < 4.78 is 7.42. The van der Waals surface area contributed by atoms with Crippen LogP contribution >= 0.6 is 0 Å². The van der Waals surface area contributed by atoms with Crippen LogP contribution in [-0.4, -0.2) is 43.7 Å². The van der Waals surface area contributed by atoms with Crippen molar-refractivity contribution in [3.05, 3.63) is 71.0 Å². The zero-order valence-corrected chi connectivity index (χ0v) is 17.4. The molecule has 0 radical (unpaired) electrons. The molecule has 162 valence electrons. The van der Waals surface area contributed by atoms with Gasteiger partial charge in [0.25, 0.3) is 5.91 Å². The summed E-state index contributed by atoms with van der Waals surface area (Å²) >= 11 is 0. The number of fused-ring (bicyclic) bond motifs is 1. The lowest BCUT2D eigenvalue weighted by atomic mass is 10.0. The van der Waals surface area contributed by atoms with E-state index in [9.17, 15) is 14.4 Å². The molecule has 2 aliphatic rings. The van der Waals surface area contributed by atoms with E-state index >= 15 is 0 Å². The highest BCUT2D eigenvalue weighted by atomic mass is 16.5. The molecule has 1 saturated heterocycles. The summed E-state index contributed by atoms with van der Waals surface area (Å²) in [6.45, 7) is 2.53. The van der Waals surface area contributed by atoms with Crippen molar-refractivity contribution in [2.75, 3.05) is 0 Å². The molecule has 1 unspecified atom stereocenters. The number of piperidine rings is 1. The van der Waals surface area contributed by atoms with Crippen LogP contribution in [0.3, 0.4) is 0 Å². The molecule has 0 spiro atoms. The number of carbonyl (C=O) groups excluding carboxylic acids is 3. The van der Waals surface area contributed by atoms with Gasteiger partial charge >= 0.3 is 0 Å². The molecule has 2 aromatic carbocycles. The standard InChI is InChI=1S/C23H21N5O4/c1-14-4-2-5-16(10-14)32-13-15-11-28(26-25-15)19-7-3-6-17-18(19)12-27(23(17)31)20-8-9-21(29)24-22(20)30/h2-7,10-11,20H,8-9,12-13H2,1H3,(H,24,29,30). The second-order valence-corrected chi connectivity index (χ2v) is 7.96. The Morgan fingerprint density at radius 1 is 1.16 bits per heavy atom. The fourth-order valence-corrected chi connectivity index (χ4v) is 4.13. The smallest absolute Gasteiger partial charge is 0.255 e. The summed E-state index contributed by atoms with van der Waals surface area (Å²) in [5.41, 5.74) is 3.78. The maximum atomic E-state index is 13.0. The SMILES string of the molecule is Cc1cccc(OCc2cn(-c3cccc4c3CN(C3CCC(=O)NC3=O)C4=O)nn2)c1. The van der Waals surface area contributed by atoms with Gasteiger partial charge in [0, 0.05) is 24.1 Å². The molecule has 1 atom stereocenters. The first-order chi connectivity index (χ1) is 15.5. The summed E-state index contributed by atoms with van der Waals surface area (Å²) in [5, 5.41) is 10.7. The van der Waals surface area contributed by atoms with Gasteiger partial charge in [0.1, 0.15) is 24.1 Å². The zero-order valence-electron chi connectivity index (χ0n) is 17.4. The molecular weight excluding hydrogens is 410 g/mol. The number of carbonyl (C=O) groups is 3. The molecular formula is C23H21N5O4. The first-order valence-corrected chi connectivity index (χ1v) is 10.4. The van der Waals surface area contributed by atoms with E-state index in [1.165, 1.54) is 4.90 Å². The van der Waals surface area contributed by atoms with E-state index in [-0.39, 0.29) is 31.4 Å². The minimum absolute atomic E-state index is 0.219. The van der Waals surface area contributed by atoms with Crippen LogP contribution in [0.4, 0.5) is 0 Å². The number of aromatic nitrogens is 3. The van der Waals surface area contributed by atoms with Crippen LogP contribution in [0.25, 0.3) is 5.69 Å². The van der Waals surface area contributed by atoms with Crippen LogP contribution in [0.1, 0.15) is 40.0 Å². The first kappa shape index (κ1) is 19.9. The Morgan fingerprint density at radius 2 is 2.00 bits per heavy atom. The van der Waals surface area contributed by atoms with Crippen molar-refractivity contribution in [1.29, 1.82) is 0 Å². The fourth-order valence-electron chi connectivity index (χ4n) is 4.13. The predicted molar refractivity (Wildman–Crippen MR) is 113 cm³/mol. The van der Waals surface area contributed by atoms with E-state index in [0.717, 1.165) is 22.6 Å². The third-order valence-corrected chi connectivity index (χ3v) is 5.72. The second kappa shape index (κ2) is 7.92. The Bertz CT molecular complexity index is 1230. The van der Waals surface area contributed by atoms with Crippen molar-refractivity contribution >= 4 is 17.7 Å². The summed E-state index contributed by atoms with van der Waals surface area (Å²) in [7, 11) is 0. The van der Waals surface area contributed by atoms with Gasteiger partial charge in [0.05, 0.1) is 11.9 Å². The number of ether oxygens (including phenoxy) is 1. The Labute approximate surface area is 184 Å². The molecule has 0 aliphatic carbocycles. The monoisotopic (exact) mass is 431 g/mol. The molecule has 0 saturated carbocycles. The summed E-state index contributed by atoms with van der Waals surface area (Å²) in [6, 6.07) is 12.5. The van der Waals surface area contributed by atoms with E-state index in [2.05, 4.69) is 15.6 Å². The Morgan fingerprint density at radius 3 is 2.81 bits per heavy atom. The van der Waals surface area contributed by atoms with E-state index in [0.29, 0.717) is 17.7 Å². The van der Waals surface area contributed by atoms with Gasteiger partial charge in [-0.2, -0.15) is 0 Å². The largest absolute Gasteiger partial charge is 0.487 e. The Hall–Kier alpha value is -4.01. The molecule has 32 heavy (non-hydrogen) atoms. The molecule has 0 bridgehead atoms. The van der Waals surface area contributed by atoms with Crippen LogP contribution < -0.4 is 10.1 Å². The number of hydrogen-bond donors (Lipinski definition) is 1. The number of benzene rings is 2. The highest BCUT2D eigenvalue weighted by Crippen LogP contribution is 2.31. The molecule has 9 nitrogen and oxygen atoms in total. The minimum Gasteiger partial charge on any atom is -0.487 e. The lowest BCUT2D eigenvalue weighted by molar-refractivity contribution is -0.136. The van der Waals surface area contributed by atoms with Crippen molar-refractivity contribution in [3.8, 4) is 11.4 Å². The molecule has 3 heterocycles. The number of amides is 3. The van der Waals surface area contributed by atoms with Crippen molar-refractivity contribution in [3.63, 3.8) is 0 Å². The Kier molecular flexibility index (Phi) is 4.93. The molecule has 2 aliphatic heterocycles. The van der Waals surface area contributed by atoms with Crippen LogP contribution in [0, 0.1) is 6.92 Å². The van der Waals surface area contributed by atoms with Crippen LogP contribution in [0.15, 0.2) is 48.7 Å². The molecule has 3 amide bonds. The number of nitrogens with one attached hydrogen (secondary N) is 1. The first-order valence-electron chi connectivity index (χ1n) is 10.4. The quantitative estimate of drug-likeness (QED) is 0.619. The molecule has 1 aromatic heterocycles. The Balaban J connectivity index is 1.36. The van der Waals surface area contributed by atoms with Crippen LogP contribution in [0.2, 0.25) is 0 Å². The van der Waals surface area contributed by atoms with Gasteiger partial charge in [0.15, 0.2) is 0 Å². The minimum atomic E-state index is -0.658. The van der Waals surface area contributed by atoms with Crippen molar-refractivity contribution in [2.24, 2.45) is 0 Å². The van der Waals surface area contributed by atoms with E-state index in [4.69, 9.17) is 4.74 Å².